The van der Waals surface area contributed by atoms with Crippen LogP contribution in [0.1, 0.15) is 40.1 Å². The molecule has 1 atom stereocenters. The first-order chi connectivity index (χ1) is 10.2. The zero-order valence-electron chi connectivity index (χ0n) is 12.0. The van der Waals surface area contributed by atoms with E-state index < -0.39 is 0 Å². The van der Waals surface area contributed by atoms with E-state index in [0.717, 1.165) is 30.9 Å². The Morgan fingerprint density at radius 2 is 2.33 bits per heavy atom. The number of carbonyl (C=O) groups is 1. The van der Waals surface area contributed by atoms with Gasteiger partial charge in [0.25, 0.3) is 5.91 Å². The summed E-state index contributed by atoms with van der Waals surface area (Å²) in [6.07, 6.45) is 3.56. The van der Waals surface area contributed by atoms with Crippen LogP contribution < -0.4 is 5.32 Å². The maximum Gasteiger partial charge on any atom is 0.266 e. The van der Waals surface area contributed by atoms with Crippen LogP contribution in [-0.4, -0.2) is 39.4 Å². The molecule has 21 heavy (non-hydrogen) atoms. The third-order valence-electron chi connectivity index (χ3n) is 3.61. The lowest BCUT2D eigenvalue weighted by molar-refractivity contribution is 0.0737. The molecule has 1 fully saturated rings. The third-order valence-corrected chi connectivity index (χ3v) is 4.37. The number of aromatic nitrogens is 3. The monoisotopic (exact) mass is 303 g/mol. The summed E-state index contributed by atoms with van der Waals surface area (Å²) in [7, 11) is 1.83. The van der Waals surface area contributed by atoms with Crippen LogP contribution >= 0.6 is 11.3 Å². The van der Waals surface area contributed by atoms with E-state index in [0.29, 0.717) is 10.7 Å². The van der Waals surface area contributed by atoms with Gasteiger partial charge in [0, 0.05) is 19.7 Å². The van der Waals surface area contributed by atoms with Crippen molar-refractivity contribution in [2.45, 2.75) is 25.8 Å². The third kappa shape index (κ3) is 2.73. The SMILES string of the molecule is CNc1cc([C@@H]2CCCN2C(=O)c2cncs2)nc(C)n1. The van der Waals surface area contributed by atoms with E-state index >= 15 is 0 Å². The molecule has 1 amide bonds. The number of likely N-dealkylation sites (tertiary alicyclic amines) is 1. The van der Waals surface area contributed by atoms with Crippen molar-refractivity contribution in [1.29, 1.82) is 0 Å². The summed E-state index contributed by atoms with van der Waals surface area (Å²) in [4.78, 5) is 28.0. The molecule has 3 rings (SSSR count). The summed E-state index contributed by atoms with van der Waals surface area (Å²) in [6, 6.07) is 1.95. The number of nitrogens with zero attached hydrogens (tertiary/aromatic N) is 4. The van der Waals surface area contributed by atoms with E-state index in [9.17, 15) is 4.79 Å². The number of anilines is 1. The van der Waals surface area contributed by atoms with Gasteiger partial charge in [0.2, 0.25) is 0 Å². The van der Waals surface area contributed by atoms with Gasteiger partial charge in [0.15, 0.2) is 0 Å². The van der Waals surface area contributed by atoms with Crippen molar-refractivity contribution in [2.75, 3.05) is 18.9 Å². The lowest BCUT2D eigenvalue weighted by Gasteiger charge is -2.24. The first kappa shape index (κ1) is 13.9. The van der Waals surface area contributed by atoms with E-state index in [1.807, 2.05) is 24.9 Å². The van der Waals surface area contributed by atoms with Crippen LogP contribution in [0.4, 0.5) is 5.82 Å². The van der Waals surface area contributed by atoms with Gasteiger partial charge in [-0.05, 0) is 19.8 Å². The Morgan fingerprint density at radius 3 is 3.05 bits per heavy atom. The van der Waals surface area contributed by atoms with Crippen LogP contribution in [-0.2, 0) is 0 Å². The maximum atomic E-state index is 12.6. The molecular weight excluding hydrogens is 286 g/mol. The van der Waals surface area contributed by atoms with Crippen LogP contribution in [0.5, 0.6) is 0 Å². The van der Waals surface area contributed by atoms with Crippen molar-refractivity contribution < 1.29 is 4.79 Å². The van der Waals surface area contributed by atoms with Gasteiger partial charge in [-0.2, -0.15) is 0 Å². The molecule has 0 saturated carbocycles. The minimum atomic E-state index is 0.0217. The molecule has 1 aliphatic heterocycles. The molecule has 0 aromatic carbocycles. The molecule has 0 unspecified atom stereocenters. The fraction of sp³-hybridized carbons (Fsp3) is 0.429. The number of hydrogen-bond donors (Lipinski definition) is 1. The second-order valence-electron chi connectivity index (χ2n) is 5.00. The van der Waals surface area contributed by atoms with Crippen molar-refractivity contribution in [3.05, 3.63) is 34.2 Å². The second kappa shape index (κ2) is 5.77. The molecule has 110 valence electrons. The quantitative estimate of drug-likeness (QED) is 0.941. The Bertz CT molecular complexity index is 643. The largest absolute Gasteiger partial charge is 0.373 e. The molecule has 0 spiro atoms. The van der Waals surface area contributed by atoms with Gasteiger partial charge >= 0.3 is 0 Å². The summed E-state index contributed by atoms with van der Waals surface area (Å²) in [6.45, 7) is 2.63. The minimum Gasteiger partial charge on any atom is -0.373 e. The van der Waals surface area contributed by atoms with Gasteiger partial charge in [-0.1, -0.05) is 0 Å². The first-order valence-electron chi connectivity index (χ1n) is 6.92. The molecule has 0 bridgehead atoms. The van der Waals surface area contributed by atoms with E-state index in [1.165, 1.54) is 11.3 Å². The van der Waals surface area contributed by atoms with E-state index in [4.69, 9.17) is 0 Å². The van der Waals surface area contributed by atoms with Crippen LogP contribution in [0, 0.1) is 6.92 Å². The molecule has 2 aromatic heterocycles. The molecule has 6 nitrogen and oxygen atoms in total. The average Bonchev–Trinajstić information content (AvgIpc) is 3.17. The van der Waals surface area contributed by atoms with Gasteiger partial charge < -0.3 is 10.2 Å². The Hall–Kier alpha value is -2.02. The van der Waals surface area contributed by atoms with Gasteiger partial charge in [0.1, 0.15) is 16.5 Å². The van der Waals surface area contributed by atoms with Crippen LogP contribution in [0.2, 0.25) is 0 Å². The summed E-state index contributed by atoms with van der Waals surface area (Å²) in [5.41, 5.74) is 2.59. The summed E-state index contributed by atoms with van der Waals surface area (Å²) < 4.78 is 0. The highest BCUT2D eigenvalue weighted by Crippen LogP contribution is 2.33. The summed E-state index contributed by atoms with van der Waals surface area (Å²) in [5.74, 6) is 1.55. The maximum absolute atomic E-state index is 12.6. The predicted molar refractivity (Wildman–Crippen MR) is 81.4 cm³/mol. The Labute approximate surface area is 127 Å². The molecule has 0 radical (unpaired) electrons. The highest BCUT2D eigenvalue weighted by atomic mass is 32.1. The van der Waals surface area contributed by atoms with Crippen molar-refractivity contribution in [3.63, 3.8) is 0 Å². The van der Waals surface area contributed by atoms with Gasteiger partial charge in [-0.3, -0.25) is 9.78 Å². The van der Waals surface area contributed by atoms with Gasteiger partial charge in [-0.15, -0.1) is 11.3 Å². The molecule has 7 heteroatoms. The Morgan fingerprint density at radius 1 is 1.48 bits per heavy atom. The lowest BCUT2D eigenvalue weighted by Crippen LogP contribution is -2.30. The van der Waals surface area contributed by atoms with Crippen LogP contribution in [0.15, 0.2) is 17.8 Å². The summed E-state index contributed by atoms with van der Waals surface area (Å²) in [5, 5.41) is 3.04. The number of nitrogens with one attached hydrogen (secondary N) is 1. The molecule has 1 saturated heterocycles. The number of rotatable bonds is 3. The Kier molecular flexibility index (Phi) is 3.83. The molecule has 0 aliphatic carbocycles. The zero-order chi connectivity index (χ0) is 14.8. The standard InChI is InChI=1S/C14H17N5OS/c1-9-17-10(6-13(15-2)18-9)11-4-3-5-19(11)14(20)12-7-16-8-21-12/h6-8,11H,3-5H2,1-2H3,(H,15,17,18)/t11-/m0/s1. The number of thiazole rings is 1. The second-order valence-corrected chi connectivity index (χ2v) is 5.88. The number of hydrogen-bond acceptors (Lipinski definition) is 6. The number of amides is 1. The highest BCUT2D eigenvalue weighted by Gasteiger charge is 2.32. The molecule has 2 aromatic rings. The van der Waals surface area contributed by atoms with E-state index in [-0.39, 0.29) is 11.9 Å². The van der Waals surface area contributed by atoms with E-state index in [1.54, 1.807) is 11.7 Å². The zero-order valence-corrected chi connectivity index (χ0v) is 12.9. The first-order valence-corrected chi connectivity index (χ1v) is 7.80. The van der Waals surface area contributed by atoms with Crippen LogP contribution in [0.25, 0.3) is 0 Å². The number of aryl methyl sites for hydroxylation is 1. The van der Waals surface area contributed by atoms with Crippen molar-refractivity contribution in [2.24, 2.45) is 0 Å². The molecule has 1 aliphatic rings. The van der Waals surface area contributed by atoms with Crippen molar-refractivity contribution in [1.82, 2.24) is 19.9 Å². The number of carbonyl (C=O) groups excluding carboxylic acids is 1. The van der Waals surface area contributed by atoms with Gasteiger partial charge in [0.05, 0.1) is 23.4 Å². The summed E-state index contributed by atoms with van der Waals surface area (Å²) >= 11 is 1.38. The lowest BCUT2D eigenvalue weighted by atomic mass is 10.1. The Balaban J connectivity index is 1.90. The van der Waals surface area contributed by atoms with Crippen molar-refractivity contribution >= 4 is 23.1 Å². The minimum absolute atomic E-state index is 0.0217. The topological polar surface area (TPSA) is 71.0 Å². The predicted octanol–water partition coefficient (Wildman–Crippen LogP) is 2.26. The molecule has 1 N–H and O–H groups in total. The van der Waals surface area contributed by atoms with Crippen LogP contribution in [0.3, 0.4) is 0 Å². The smallest absolute Gasteiger partial charge is 0.266 e. The normalized spacial score (nSPS) is 18.0. The average molecular weight is 303 g/mol. The fourth-order valence-corrected chi connectivity index (χ4v) is 3.24. The van der Waals surface area contributed by atoms with Gasteiger partial charge in [-0.25, -0.2) is 9.97 Å². The molecular formula is C14H17N5OS. The highest BCUT2D eigenvalue weighted by molar-refractivity contribution is 7.11. The molecule has 3 heterocycles. The fourth-order valence-electron chi connectivity index (χ4n) is 2.67. The van der Waals surface area contributed by atoms with E-state index in [2.05, 4.69) is 20.3 Å². The van der Waals surface area contributed by atoms with Crippen molar-refractivity contribution in [3.8, 4) is 0 Å².